The van der Waals surface area contributed by atoms with Crippen LogP contribution in [0.15, 0.2) is 30.3 Å². The second-order valence-electron chi connectivity index (χ2n) is 11.6. The highest BCUT2D eigenvalue weighted by Gasteiger charge is 2.44. The Bertz CT molecular complexity index is 1110. The monoisotopic (exact) mass is 538 g/mol. The van der Waals surface area contributed by atoms with Gasteiger partial charge in [-0.1, -0.05) is 72.6 Å². The number of aryl methyl sites for hydroxylation is 1. The van der Waals surface area contributed by atoms with Crippen LogP contribution in [0.5, 0.6) is 0 Å². The predicted octanol–water partition coefficient (Wildman–Crippen LogP) is 6.15. The van der Waals surface area contributed by atoms with Crippen LogP contribution in [0.2, 0.25) is 16.6 Å². The van der Waals surface area contributed by atoms with Crippen molar-refractivity contribution in [1.29, 1.82) is 5.26 Å². The van der Waals surface area contributed by atoms with E-state index in [1.54, 1.807) is 0 Å². The minimum absolute atomic E-state index is 0.0130. The molecular formula is C30H46N4O3Si. The van der Waals surface area contributed by atoms with Crippen LogP contribution in [-0.4, -0.2) is 43.9 Å². The summed E-state index contributed by atoms with van der Waals surface area (Å²) in [7, 11) is -1.94. The van der Waals surface area contributed by atoms with Crippen LogP contribution in [0, 0.1) is 17.2 Å². The van der Waals surface area contributed by atoms with Gasteiger partial charge in [0, 0.05) is 30.1 Å². The van der Waals surface area contributed by atoms with E-state index >= 15 is 0 Å². The Labute approximate surface area is 229 Å². The van der Waals surface area contributed by atoms with E-state index in [-0.39, 0.29) is 30.3 Å². The summed E-state index contributed by atoms with van der Waals surface area (Å²) < 4.78 is 8.88. The first kappa shape index (κ1) is 29.9. The third-order valence-corrected chi connectivity index (χ3v) is 14.5. The number of fused-ring (bicyclic) bond motifs is 1. The normalized spacial score (nSPS) is 18.2. The third-order valence-electron chi connectivity index (χ3n) is 8.39. The topological polar surface area (TPSA) is 96.2 Å². The first-order valence-electron chi connectivity index (χ1n) is 14.3. The molecule has 0 saturated heterocycles. The molecule has 1 saturated carbocycles. The van der Waals surface area contributed by atoms with Crippen molar-refractivity contribution in [2.75, 3.05) is 13.2 Å². The second-order valence-corrected chi connectivity index (χ2v) is 17.1. The van der Waals surface area contributed by atoms with Crippen LogP contribution in [0.4, 0.5) is 0 Å². The van der Waals surface area contributed by atoms with Gasteiger partial charge < -0.3 is 19.6 Å². The molecule has 8 heteroatoms. The summed E-state index contributed by atoms with van der Waals surface area (Å²) in [6.45, 7) is 15.1. The number of carbonyl (C=O) groups is 2. The van der Waals surface area contributed by atoms with E-state index in [1.807, 2.05) is 30.3 Å². The van der Waals surface area contributed by atoms with Crippen molar-refractivity contribution in [1.82, 2.24) is 15.2 Å². The fourth-order valence-corrected chi connectivity index (χ4v) is 12.2. The molecule has 1 aliphatic carbocycles. The summed E-state index contributed by atoms with van der Waals surface area (Å²) in [5.74, 6) is -0.613. The van der Waals surface area contributed by atoms with Crippen LogP contribution < -0.4 is 10.6 Å². The molecule has 0 aliphatic heterocycles. The van der Waals surface area contributed by atoms with E-state index in [4.69, 9.17) is 9.69 Å². The maximum Gasteiger partial charge on any atom is 0.268 e. The molecule has 0 bridgehead atoms. The second kappa shape index (κ2) is 13.4. The van der Waals surface area contributed by atoms with Crippen molar-refractivity contribution in [3.63, 3.8) is 0 Å². The van der Waals surface area contributed by atoms with Crippen molar-refractivity contribution >= 4 is 31.0 Å². The van der Waals surface area contributed by atoms with E-state index in [0.717, 1.165) is 43.0 Å². The third kappa shape index (κ3) is 6.49. The first-order valence-corrected chi connectivity index (χ1v) is 16.4. The Kier molecular flexibility index (Phi) is 10.6. The fourth-order valence-electron chi connectivity index (χ4n) is 6.73. The quantitative estimate of drug-likeness (QED) is 0.192. The summed E-state index contributed by atoms with van der Waals surface area (Å²) in [4.78, 5) is 26.3. The molecule has 1 fully saturated rings. The SMILES string of the molecule is CC(C)[Si](OCCCn1c(C(=O)N[C@H]2CCCC[C@H]2C(=O)NCC#N)cc2ccccc21)(C(C)C)C(C)C. The zero-order valence-electron chi connectivity index (χ0n) is 24.0. The number of para-hydroxylation sites is 1. The Morgan fingerprint density at radius 1 is 1.08 bits per heavy atom. The largest absolute Gasteiger partial charge is 0.416 e. The predicted molar refractivity (Wildman–Crippen MR) is 155 cm³/mol. The zero-order valence-corrected chi connectivity index (χ0v) is 25.0. The first-order chi connectivity index (χ1) is 18.1. The Morgan fingerprint density at radius 3 is 2.39 bits per heavy atom. The van der Waals surface area contributed by atoms with Crippen LogP contribution in [0.25, 0.3) is 10.9 Å². The van der Waals surface area contributed by atoms with E-state index in [1.165, 1.54) is 0 Å². The molecule has 0 radical (unpaired) electrons. The van der Waals surface area contributed by atoms with Gasteiger partial charge in [0.15, 0.2) is 8.32 Å². The van der Waals surface area contributed by atoms with Gasteiger partial charge in [0.1, 0.15) is 12.2 Å². The molecule has 2 aromatic rings. The van der Waals surface area contributed by atoms with Crippen molar-refractivity contribution in [2.24, 2.45) is 5.92 Å². The maximum absolute atomic E-state index is 13.6. The molecule has 3 rings (SSSR count). The number of rotatable bonds is 12. The fraction of sp³-hybridized carbons (Fsp3) is 0.633. The van der Waals surface area contributed by atoms with E-state index in [2.05, 4.69) is 62.8 Å². The van der Waals surface area contributed by atoms with Gasteiger partial charge in [-0.05, 0) is 48.0 Å². The lowest BCUT2D eigenvalue weighted by molar-refractivity contribution is -0.126. The molecule has 1 heterocycles. The number of hydrogen-bond acceptors (Lipinski definition) is 4. The number of carbonyl (C=O) groups excluding carboxylic acids is 2. The summed E-state index contributed by atoms with van der Waals surface area (Å²) in [5.41, 5.74) is 3.25. The van der Waals surface area contributed by atoms with Crippen molar-refractivity contribution in [3.05, 3.63) is 36.0 Å². The van der Waals surface area contributed by atoms with Gasteiger partial charge in [-0.15, -0.1) is 0 Å². The summed E-state index contributed by atoms with van der Waals surface area (Å²) in [6, 6.07) is 11.8. The molecule has 2 amide bonds. The zero-order chi connectivity index (χ0) is 27.9. The Balaban J connectivity index is 1.77. The van der Waals surface area contributed by atoms with Gasteiger partial charge in [0.25, 0.3) is 5.91 Å². The number of nitrogens with zero attached hydrogens (tertiary/aromatic N) is 2. The standard InChI is InChI=1S/C30H46N4O3Si/c1-21(2)38(22(3)4,23(5)6)37-19-11-18-34-27-15-10-7-12-24(27)20-28(34)30(36)33-26-14-9-8-13-25(26)29(35)32-17-16-31/h7,10,12,15,20-23,25-26H,8-9,11,13-14,17-19H2,1-6H3,(H,32,35)(H,33,36)/t25-,26+/m1/s1. The van der Waals surface area contributed by atoms with Crippen LogP contribution in [0.1, 0.15) is 84.1 Å². The van der Waals surface area contributed by atoms with Gasteiger partial charge in [0.2, 0.25) is 5.91 Å². The van der Waals surface area contributed by atoms with Gasteiger partial charge in [-0.2, -0.15) is 5.26 Å². The highest BCUT2D eigenvalue weighted by atomic mass is 28.4. The Morgan fingerprint density at radius 2 is 1.74 bits per heavy atom. The Hall–Kier alpha value is -2.63. The number of amides is 2. The lowest BCUT2D eigenvalue weighted by Crippen LogP contribution is -2.48. The molecule has 2 atom stereocenters. The van der Waals surface area contributed by atoms with Crippen molar-refractivity contribution < 1.29 is 14.0 Å². The summed E-state index contributed by atoms with van der Waals surface area (Å²) in [5, 5.41) is 15.7. The molecule has 7 nitrogen and oxygen atoms in total. The van der Waals surface area contributed by atoms with E-state index in [9.17, 15) is 9.59 Å². The van der Waals surface area contributed by atoms with Crippen molar-refractivity contribution in [2.45, 2.75) is 103 Å². The molecule has 208 valence electrons. The minimum atomic E-state index is -1.94. The molecule has 0 spiro atoms. The summed E-state index contributed by atoms with van der Waals surface area (Å²) >= 11 is 0. The highest BCUT2D eigenvalue weighted by molar-refractivity contribution is 6.77. The number of benzene rings is 1. The molecular weight excluding hydrogens is 492 g/mol. The van der Waals surface area contributed by atoms with Gasteiger partial charge in [-0.3, -0.25) is 9.59 Å². The number of hydrogen-bond donors (Lipinski definition) is 2. The van der Waals surface area contributed by atoms with E-state index < -0.39 is 8.32 Å². The maximum atomic E-state index is 13.6. The average molecular weight is 539 g/mol. The molecule has 38 heavy (non-hydrogen) atoms. The molecule has 1 aromatic carbocycles. The number of nitrogens with one attached hydrogen (secondary N) is 2. The van der Waals surface area contributed by atoms with E-state index in [0.29, 0.717) is 35.5 Å². The van der Waals surface area contributed by atoms with Crippen LogP contribution in [-0.2, 0) is 15.8 Å². The summed E-state index contributed by atoms with van der Waals surface area (Å²) in [6.07, 6.45) is 4.22. The lowest BCUT2D eigenvalue weighted by Gasteiger charge is -2.42. The smallest absolute Gasteiger partial charge is 0.268 e. The van der Waals surface area contributed by atoms with Crippen LogP contribution >= 0.6 is 0 Å². The van der Waals surface area contributed by atoms with Crippen molar-refractivity contribution in [3.8, 4) is 6.07 Å². The molecule has 0 unspecified atom stereocenters. The minimum Gasteiger partial charge on any atom is -0.416 e. The number of nitriles is 1. The van der Waals surface area contributed by atoms with Crippen LogP contribution in [0.3, 0.4) is 0 Å². The molecule has 1 aromatic heterocycles. The highest BCUT2D eigenvalue weighted by Crippen LogP contribution is 2.42. The molecule has 1 aliphatic rings. The molecule has 2 N–H and O–H groups in total. The van der Waals surface area contributed by atoms with Gasteiger partial charge in [-0.25, -0.2) is 0 Å². The lowest BCUT2D eigenvalue weighted by atomic mass is 9.83. The number of aromatic nitrogens is 1. The van der Waals surface area contributed by atoms with Gasteiger partial charge >= 0.3 is 0 Å². The average Bonchev–Trinajstić information content (AvgIpc) is 3.25. The van der Waals surface area contributed by atoms with Gasteiger partial charge in [0.05, 0.1) is 12.0 Å².